The maximum atomic E-state index is 12.3. The number of anilines is 1. The van der Waals surface area contributed by atoms with Crippen LogP contribution in [-0.2, 0) is 9.53 Å². The summed E-state index contributed by atoms with van der Waals surface area (Å²) >= 11 is 11.9. The third-order valence-electron chi connectivity index (χ3n) is 3.30. The summed E-state index contributed by atoms with van der Waals surface area (Å²) in [6.45, 7) is 5.16. The summed E-state index contributed by atoms with van der Waals surface area (Å²) in [5.41, 5.74) is 0.947. The molecule has 0 heterocycles. The van der Waals surface area contributed by atoms with Crippen molar-refractivity contribution in [2.75, 3.05) is 5.32 Å². The second-order valence-electron chi connectivity index (χ2n) is 5.86. The van der Waals surface area contributed by atoms with Crippen molar-refractivity contribution in [2.45, 2.75) is 33.0 Å². The number of carbonyl (C=O) groups is 2. The van der Waals surface area contributed by atoms with Crippen molar-refractivity contribution < 1.29 is 19.1 Å². The summed E-state index contributed by atoms with van der Waals surface area (Å²) < 4.78 is 10.7. The van der Waals surface area contributed by atoms with Crippen molar-refractivity contribution in [3.05, 3.63) is 58.1 Å². The number of amides is 1. The fourth-order valence-corrected chi connectivity index (χ4v) is 2.48. The lowest BCUT2D eigenvalue weighted by atomic mass is 10.2. The Morgan fingerprint density at radius 2 is 1.65 bits per heavy atom. The van der Waals surface area contributed by atoms with Crippen LogP contribution in [0.5, 0.6) is 5.75 Å². The maximum absolute atomic E-state index is 12.3. The number of hydrogen-bond donors (Lipinski definition) is 1. The van der Waals surface area contributed by atoms with Gasteiger partial charge in [0.2, 0.25) is 0 Å². The van der Waals surface area contributed by atoms with E-state index in [-0.39, 0.29) is 12.0 Å². The van der Waals surface area contributed by atoms with E-state index in [2.05, 4.69) is 5.32 Å². The van der Waals surface area contributed by atoms with Crippen molar-refractivity contribution in [1.82, 2.24) is 0 Å². The SMILES string of the molecule is CC(C)OC(=O)c1ccc(NC(=O)C(C)Oc2ccc(Cl)cc2Cl)cc1. The highest BCUT2D eigenvalue weighted by molar-refractivity contribution is 6.35. The molecule has 0 aromatic heterocycles. The number of rotatable bonds is 6. The molecule has 2 rings (SSSR count). The number of benzene rings is 2. The molecule has 0 fully saturated rings. The zero-order valence-electron chi connectivity index (χ0n) is 14.6. The second-order valence-corrected chi connectivity index (χ2v) is 6.70. The first-order valence-corrected chi connectivity index (χ1v) is 8.75. The van der Waals surface area contributed by atoms with Crippen molar-refractivity contribution in [3.63, 3.8) is 0 Å². The molecule has 0 radical (unpaired) electrons. The number of carbonyl (C=O) groups excluding carboxylic acids is 2. The van der Waals surface area contributed by atoms with E-state index in [1.54, 1.807) is 57.2 Å². The second kappa shape index (κ2) is 8.92. The zero-order chi connectivity index (χ0) is 19.3. The molecule has 1 unspecified atom stereocenters. The van der Waals surface area contributed by atoms with E-state index in [9.17, 15) is 9.59 Å². The Kier molecular flexibility index (Phi) is 6.89. The minimum Gasteiger partial charge on any atom is -0.479 e. The van der Waals surface area contributed by atoms with E-state index in [0.29, 0.717) is 27.0 Å². The van der Waals surface area contributed by atoms with Gasteiger partial charge in [-0.3, -0.25) is 4.79 Å². The summed E-state index contributed by atoms with van der Waals surface area (Å²) in [4.78, 5) is 24.1. The van der Waals surface area contributed by atoms with Crippen LogP contribution < -0.4 is 10.1 Å². The van der Waals surface area contributed by atoms with Crippen LogP contribution in [0.15, 0.2) is 42.5 Å². The smallest absolute Gasteiger partial charge is 0.338 e. The molecule has 0 saturated heterocycles. The van der Waals surface area contributed by atoms with Gasteiger partial charge in [-0.05, 0) is 63.2 Å². The largest absolute Gasteiger partial charge is 0.479 e. The van der Waals surface area contributed by atoms with Crippen LogP contribution in [0.1, 0.15) is 31.1 Å². The first-order chi connectivity index (χ1) is 12.3. The Bertz CT molecular complexity index is 791. The fourth-order valence-electron chi connectivity index (χ4n) is 2.03. The highest BCUT2D eigenvalue weighted by Gasteiger charge is 2.17. The van der Waals surface area contributed by atoms with Gasteiger partial charge in [0.1, 0.15) is 5.75 Å². The van der Waals surface area contributed by atoms with Gasteiger partial charge >= 0.3 is 5.97 Å². The van der Waals surface area contributed by atoms with Crippen LogP contribution >= 0.6 is 23.2 Å². The zero-order valence-corrected chi connectivity index (χ0v) is 16.1. The molecule has 0 aliphatic rings. The quantitative estimate of drug-likeness (QED) is 0.701. The van der Waals surface area contributed by atoms with Gasteiger partial charge in [0.15, 0.2) is 6.10 Å². The highest BCUT2D eigenvalue weighted by Crippen LogP contribution is 2.28. The van der Waals surface area contributed by atoms with E-state index < -0.39 is 12.1 Å². The van der Waals surface area contributed by atoms with E-state index in [1.165, 1.54) is 6.07 Å². The van der Waals surface area contributed by atoms with Gasteiger partial charge in [-0.15, -0.1) is 0 Å². The predicted molar refractivity (Wildman–Crippen MR) is 102 cm³/mol. The first kappa shape index (κ1) is 20.1. The Morgan fingerprint density at radius 3 is 2.23 bits per heavy atom. The molecule has 1 amide bonds. The predicted octanol–water partition coefficient (Wildman–Crippen LogP) is 4.96. The van der Waals surface area contributed by atoms with E-state index in [1.807, 2.05) is 0 Å². The van der Waals surface area contributed by atoms with Crippen LogP contribution in [0.3, 0.4) is 0 Å². The van der Waals surface area contributed by atoms with Gasteiger partial charge in [-0.2, -0.15) is 0 Å². The molecular weight excluding hydrogens is 377 g/mol. The standard InChI is InChI=1S/C19H19Cl2NO4/c1-11(2)25-19(24)13-4-7-15(8-5-13)22-18(23)12(3)26-17-9-6-14(20)10-16(17)21/h4-12H,1-3H3,(H,22,23). The summed E-state index contributed by atoms with van der Waals surface area (Å²) in [5.74, 6) is -0.397. The van der Waals surface area contributed by atoms with Gasteiger partial charge < -0.3 is 14.8 Å². The minimum absolute atomic E-state index is 0.195. The molecule has 2 aromatic rings. The normalized spacial score (nSPS) is 11.8. The lowest BCUT2D eigenvalue weighted by Crippen LogP contribution is -2.30. The van der Waals surface area contributed by atoms with Gasteiger partial charge in [-0.1, -0.05) is 23.2 Å². The minimum atomic E-state index is -0.778. The molecule has 0 aliphatic heterocycles. The number of ether oxygens (including phenoxy) is 2. The summed E-state index contributed by atoms with van der Waals surface area (Å²) in [6, 6.07) is 11.2. The van der Waals surface area contributed by atoms with E-state index in [4.69, 9.17) is 32.7 Å². The van der Waals surface area contributed by atoms with Crippen molar-refractivity contribution in [1.29, 1.82) is 0 Å². The fraction of sp³-hybridized carbons (Fsp3) is 0.263. The molecule has 1 N–H and O–H groups in total. The number of halogens is 2. The molecule has 0 saturated carbocycles. The van der Waals surface area contributed by atoms with Gasteiger partial charge in [0.05, 0.1) is 16.7 Å². The molecule has 26 heavy (non-hydrogen) atoms. The number of nitrogens with one attached hydrogen (secondary N) is 1. The molecule has 7 heteroatoms. The van der Waals surface area contributed by atoms with Crippen LogP contribution in [0.2, 0.25) is 10.0 Å². The lowest BCUT2D eigenvalue weighted by Gasteiger charge is -2.16. The third-order valence-corrected chi connectivity index (χ3v) is 3.83. The van der Waals surface area contributed by atoms with E-state index in [0.717, 1.165) is 0 Å². The molecular formula is C19H19Cl2NO4. The van der Waals surface area contributed by atoms with Gasteiger partial charge in [-0.25, -0.2) is 4.79 Å². The maximum Gasteiger partial charge on any atom is 0.338 e. The molecule has 1 atom stereocenters. The number of hydrogen-bond acceptors (Lipinski definition) is 4. The Labute approximate surface area is 162 Å². The highest BCUT2D eigenvalue weighted by atomic mass is 35.5. The van der Waals surface area contributed by atoms with Crippen LogP contribution in [0, 0.1) is 0 Å². The lowest BCUT2D eigenvalue weighted by molar-refractivity contribution is -0.122. The molecule has 2 aromatic carbocycles. The van der Waals surface area contributed by atoms with E-state index >= 15 is 0 Å². The Morgan fingerprint density at radius 1 is 1.00 bits per heavy atom. The average molecular weight is 396 g/mol. The molecule has 0 spiro atoms. The average Bonchev–Trinajstić information content (AvgIpc) is 2.57. The van der Waals surface area contributed by atoms with Crippen LogP contribution in [0.25, 0.3) is 0 Å². The van der Waals surface area contributed by atoms with Crippen molar-refractivity contribution >= 4 is 40.8 Å². The summed E-state index contributed by atoms with van der Waals surface area (Å²) in [6.07, 6.45) is -0.973. The van der Waals surface area contributed by atoms with Gasteiger partial charge in [0, 0.05) is 10.7 Å². The Balaban J connectivity index is 1.97. The molecule has 5 nitrogen and oxygen atoms in total. The molecule has 138 valence electrons. The van der Waals surface area contributed by atoms with Gasteiger partial charge in [0.25, 0.3) is 5.91 Å². The topological polar surface area (TPSA) is 64.6 Å². The van der Waals surface area contributed by atoms with Crippen LogP contribution in [-0.4, -0.2) is 24.1 Å². The first-order valence-electron chi connectivity index (χ1n) is 8.00. The van der Waals surface area contributed by atoms with Crippen molar-refractivity contribution in [2.24, 2.45) is 0 Å². The molecule has 0 bridgehead atoms. The van der Waals surface area contributed by atoms with Crippen molar-refractivity contribution in [3.8, 4) is 5.75 Å². The number of esters is 1. The monoisotopic (exact) mass is 395 g/mol. The summed E-state index contributed by atoms with van der Waals surface area (Å²) in [5, 5.41) is 3.52. The van der Waals surface area contributed by atoms with Crippen LogP contribution in [0.4, 0.5) is 5.69 Å². The third kappa shape index (κ3) is 5.64. The Hall–Kier alpha value is -2.24. The molecule has 0 aliphatic carbocycles. The summed E-state index contributed by atoms with van der Waals surface area (Å²) in [7, 11) is 0.